The van der Waals surface area contributed by atoms with Gasteiger partial charge in [-0.3, -0.25) is 4.57 Å². The van der Waals surface area contributed by atoms with Crippen molar-refractivity contribution < 1.29 is 13.3 Å². The Labute approximate surface area is 164 Å². The fourth-order valence-electron chi connectivity index (χ4n) is 2.93. The largest absolute Gasteiger partial charge is 0.401 e. The maximum absolute atomic E-state index is 13.6. The van der Waals surface area contributed by atoms with Crippen molar-refractivity contribution in [2.24, 2.45) is 0 Å². The van der Waals surface area contributed by atoms with E-state index in [1.807, 2.05) is 20.8 Å². The molecule has 1 aromatic heterocycles. The predicted octanol–water partition coefficient (Wildman–Crippen LogP) is 4.64. The van der Waals surface area contributed by atoms with E-state index >= 15 is 0 Å². The van der Waals surface area contributed by atoms with E-state index in [-0.39, 0.29) is 9.92 Å². The van der Waals surface area contributed by atoms with Gasteiger partial charge in [0.25, 0.3) is 0 Å². The van der Waals surface area contributed by atoms with E-state index in [0.717, 1.165) is 0 Å². The van der Waals surface area contributed by atoms with Gasteiger partial charge in [-0.05, 0) is 49.2 Å². The van der Waals surface area contributed by atoms with Crippen molar-refractivity contribution in [2.75, 3.05) is 0 Å². The van der Waals surface area contributed by atoms with E-state index in [4.69, 9.17) is 11.6 Å². The summed E-state index contributed by atoms with van der Waals surface area (Å²) in [5, 5.41) is 11.3. The molecular weight excluding hydrogens is 390 g/mol. The Bertz CT molecular complexity index is 992. The highest BCUT2D eigenvalue weighted by Crippen LogP contribution is 2.40. The summed E-state index contributed by atoms with van der Waals surface area (Å²) in [6, 6.07) is 4.69. The number of hydrogen-bond donors (Lipinski definition) is 0. The van der Waals surface area contributed by atoms with Gasteiger partial charge in [0.2, 0.25) is 20.7 Å². The summed E-state index contributed by atoms with van der Waals surface area (Å²) in [4.78, 5) is 15.0. The average Bonchev–Trinajstić information content (AvgIpc) is 2.88. The minimum absolute atomic E-state index is 0.0169. The summed E-state index contributed by atoms with van der Waals surface area (Å²) < 4.78 is 28.6. The van der Waals surface area contributed by atoms with Crippen LogP contribution >= 0.6 is 11.6 Å². The fraction of sp³-hybridized carbons (Fsp3) is 0.500. The van der Waals surface area contributed by atoms with Crippen molar-refractivity contribution in [3.63, 3.8) is 0 Å². The van der Waals surface area contributed by atoms with Crippen molar-refractivity contribution in [3.8, 4) is 0 Å². The third kappa shape index (κ3) is 3.73. The molecular formula is C18H24ClN3O4S. The lowest BCUT2D eigenvalue weighted by Gasteiger charge is -2.28. The van der Waals surface area contributed by atoms with Gasteiger partial charge in [-0.15, -0.1) is 0 Å². The number of benzene rings is 1. The zero-order chi connectivity index (χ0) is 20.9. The molecule has 27 heavy (non-hydrogen) atoms. The summed E-state index contributed by atoms with van der Waals surface area (Å²) >= 11 is 6.18. The Morgan fingerprint density at radius 2 is 1.70 bits per heavy atom. The first-order valence-electron chi connectivity index (χ1n) is 8.38. The smallest absolute Gasteiger partial charge is 0.358 e. The fourth-order valence-corrected chi connectivity index (χ4v) is 5.43. The van der Waals surface area contributed by atoms with Crippen molar-refractivity contribution >= 4 is 27.3 Å². The van der Waals surface area contributed by atoms with Gasteiger partial charge < -0.3 is 10.1 Å². The molecule has 0 aliphatic carbocycles. The lowest BCUT2D eigenvalue weighted by Crippen LogP contribution is -2.32. The maximum Gasteiger partial charge on any atom is 0.401 e. The van der Waals surface area contributed by atoms with E-state index in [1.165, 1.54) is 10.6 Å². The normalized spacial score (nSPS) is 13.0. The molecule has 148 valence electrons. The Kier molecular flexibility index (Phi) is 5.22. The van der Waals surface area contributed by atoms with Crippen LogP contribution in [0.1, 0.15) is 52.9 Å². The number of sulfone groups is 1. The van der Waals surface area contributed by atoms with Crippen LogP contribution in [0.15, 0.2) is 28.1 Å². The summed E-state index contributed by atoms with van der Waals surface area (Å²) in [6.45, 7) is 12.5. The molecule has 0 aliphatic heterocycles. The number of rotatable bonds is 3. The molecule has 0 fully saturated rings. The highest BCUT2D eigenvalue weighted by Gasteiger charge is 2.45. The van der Waals surface area contributed by atoms with E-state index in [0.29, 0.717) is 11.4 Å². The topological polar surface area (TPSA) is 95.1 Å². The van der Waals surface area contributed by atoms with Gasteiger partial charge in [-0.2, -0.15) is 0 Å². The molecule has 1 heterocycles. The van der Waals surface area contributed by atoms with Crippen molar-refractivity contribution in [2.45, 2.75) is 69.3 Å². The van der Waals surface area contributed by atoms with Crippen molar-refractivity contribution in [3.05, 3.63) is 44.7 Å². The third-order valence-electron chi connectivity index (χ3n) is 4.02. The molecule has 0 radical (unpaired) electrons. The molecule has 0 unspecified atom stereocenters. The molecule has 1 aromatic carbocycles. The Balaban J connectivity index is 3.07. The number of aryl methyl sites for hydroxylation is 1. The first-order valence-corrected chi connectivity index (χ1v) is 10.2. The van der Waals surface area contributed by atoms with Gasteiger partial charge in [0.1, 0.15) is 0 Å². The number of aromatic nitrogens is 2. The van der Waals surface area contributed by atoms with Crippen LogP contribution in [0.25, 0.3) is 0 Å². The van der Waals surface area contributed by atoms with Crippen molar-refractivity contribution in [1.29, 1.82) is 0 Å². The van der Waals surface area contributed by atoms with Gasteiger partial charge in [0, 0.05) is 11.0 Å². The van der Waals surface area contributed by atoms with E-state index < -0.39 is 36.6 Å². The minimum atomic E-state index is -4.30. The lowest BCUT2D eigenvalue weighted by atomic mass is 9.94. The molecule has 0 saturated carbocycles. The molecule has 0 N–H and O–H groups in total. The first kappa shape index (κ1) is 21.4. The average molecular weight is 414 g/mol. The number of nitrogens with zero attached hydrogens (tertiary/aromatic N) is 3. The van der Waals surface area contributed by atoms with Crippen LogP contribution in [0.5, 0.6) is 0 Å². The van der Waals surface area contributed by atoms with Gasteiger partial charge in [-0.1, -0.05) is 44.5 Å². The second-order valence-electron chi connectivity index (χ2n) is 8.47. The van der Waals surface area contributed by atoms with Crippen LogP contribution < -0.4 is 0 Å². The van der Waals surface area contributed by atoms with E-state index in [9.17, 15) is 18.5 Å². The summed E-state index contributed by atoms with van der Waals surface area (Å²) in [5.74, 6) is -0.362. The first-order chi connectivity index (χ1) is 12.1. The monoisotopic (exact) mass is 413 g/mol. The molecule has 0 bridgehead atoms. The summed E-state index contributed by atoms with van der Waals surface area (Å²) in [5.41, 5.74) is -0.960. The molecule has 0 amide bonds. The summed E-state index contributed by atoms with van der Waals surface area (Å²) in [7, 11) is -4.30. The van der Waals surface area contributed by atoms with E-state index in [1.54, 1.807) is 39.8 Å². The maximum atomic E-state index is 13.6. The van der Waals surface area contributed by atoms with Gasteiger partial charge in [-0.25, -0.2) is 8.42 Å². The molecule has 0 atom stereocenters. The third-order valence-corrected chi connectivity index (χ3v) is 6.40. The van der Waals surface area contributed by atoms with Gasteiger partial charge in [0.05, 0.1) is 9.92 Å². The number of halogens is 1. The predicted molar refractivity (Wildman–Crippen MR) is 104 cm³/mol. The van der Waals surface area contributed by atoms with E-state index in [2.05, 4.69) is 4.98 Å². The number of hydrogen-bond acceptors (Lipinski definition) is 5. The standard InChI is InChI=1S/C18H24ClN3O4S/c1-11-9-8-10-12(19)13(11)27(25,26)15-14(22(23)24)20-16(17(2,3)4)21(15)18(5,6)7/h8-10H,1-7H3. The summed E-state index contributed by atoms with van der Waals surface area (Å²) in [6.07, 6.45) is 0. The molecule has 0 saturated heterocycles. The van der Waals surface area contributed by atoms with Crippen LogP contribution in [-0.4, -0.2) is 22.9 Å². The number of nitro groups is 1. The SMILES string of the molecule is Cc1cccc(Cl)c1S(=O)(=O)c1c([N+](=O)[O-])nc(C(C)(C)C)n1C(C)(C)C. The van der Waals surface area contributed by atoms with Crippen LogP contribution in [0.4, 0.5) is 5.82 Å². The van der Waals surface area contributed by atoms with Crippen LogP contribution in [0.3, 0.4) is 0 Å². The second kappa shape index (κ2) is 6.60. The quantitative estimate of drug-likeness (QED) is 0.539. The van der Waals surface area contributed by atoms with Gasteiger partial charge in [0.15, 0.2) is 0 Å². The Hall–Kier alpha value is -1.93. The lowest BCUT2D eigenvalue weighted by molar-refractivity contribution is -0.392. The Morgan fingerprint density at radius 1 is 1.15 bits per heavy atom. The Morgan fingerprint density at radius 3 is 2.11 bits per heavy atom. The van der Waals surface area contributed by atoms with Crippen LogP contribution in [0.2, 0.25) is 5.02 Å². The van der Waals surface area contributed by atoms with Crippen molar-refractivity contribution in [1.82, 2.24) is 9.55 Å². The van der Waals surface area contributed by atoms with Gasteiger partial charge >= 0.3 is 5.82 Å². The molecule has 2 aromatic rings. The molecule has 0 spiro atoms. The zero-order valence-electron chi connectivity index (χ0n) is 16.5. The van der Waals surface area contributed by atoms with Crippen LogP contribution in [0, 0.1) is 17.0 Å². The minimum Gasteiger partial charge on any atom is -0.358 e. The molecule has 0 aliphatic rings. The second-order valence-corrected chi connectivity index (χ2v) is 10.7. The van der Waals surface area contributed by atoms with Crippen LogP contribution in [-0.2, 0) is 20.8 Å². The number of imidazole rings is 1. The highest BCUT2D eigenvalue weighted by atomic mass is 35.5. The molecule has 2 rings (SSSR count). The molecule has 7 nitrogen and oxygen atoms in total. The molecule has 9 heteroatoms. The zero-order valence-corrected chi connectivity index (χ0v) is 18.1. The highest BCUT2D eigenvalue weighted by molar-refractivity contribution is 7.91.